The molecule has 0 spiro atoms. The molecule has 3 aliphatic heterocycles. The topological polar surface area (TPSA) is 133 Å². The van der Waals surface area contributed by atoms with E-state index in [0.717, 1.165) is 0 Å². The van der Waals surface area contributed by atoms with Crippen LogP contribution in [0.4, 0.5) is 5.13 Å². The van der Waals surface area contributed by atoms with Gasteiger partial charge < -0.3 is 16.7 Å². The van der Waals surface area contributed by atoms with Crippen molar-refractivity contribution >= 4 is 51.9 Å². The fourth-order valence-corrected chi connectivity index (χ4v) is 5.93. The molecule has 13 heteroatoms. The van der Waals surface area contributed by atoms with Crippen molar-refractivity contribution in [1.82, 2.24) is 20.0 Å². The SMILES string of the molecule is CC(=O)Nc1nnc(SCC2=C(C(=O)O)N3C(=O)[C@@H]4[C@H]3[C@H](C2)CN4C(C)=O)s1.[H-].[Na+]. The number of carbonyl (C=O) groups excluding carboxylic acids is 3. The molecule has 2 saturated heterocycles. The monoisotopic (exact) mass is 447 g/mol. The summed E-state index contributed by atoms with van der Waals surface area (Å²) in [5, 5.41) is 20.5. The summed E-state index contributed by atoms with van der Waals surface area (Å²) in [6.45, 7) is 3.26. The number of nitrogens with zero attached hydrogens (tertiary/aromatic N) is 4. The Hall–Kier alpha value is -1.47. The Morgan fingerprint density at radius 3 is 2.69 bits per heavy atom. The van der Waals surface area contributed by atoms with Crippen LogP contribution in [0.2, 0.25) is 0 Å². The predicted octanol–water partition coefficient (Wildman–Crippen LogP) is -2.49. The normalized spacial score (nSPS) is 24.6. The summed E-state index contributed by atoms with van der Waals surface area (Å²) in [5.74, 6) is -1.50. The summed E-state index contributed by atoms with van der Waals surface area (Å²) < 4.78 is 0.590. The molecule has 2 N–H and O–H groups in total. The number of hydrogen-bond donors (Lipinski definition) is 2. The molecular weight excluding hydrogens is 429 g/mol. The molecule has 150 valence electrons. The minimum atomic E-state index is -1.14. The average Bonchev–Trinajstić information content (AvgIpc) is 3.20. The first kappa shape index (κ1) is 22.2. The number of carboxylic acids is 1. The minimum Gasteiger partial charge on any atom is -1.00 e. The van der Waals surface area contributed by atoms with Gasteiger partial charge in [0.25, 0.3) is 5.91 Å². The van der Waals surface area contributed by atoms with E-state index < -0.39 is 12.0 Å². The van der Waals surface area contributed by atoms with Gasteiger partial charge in [-0.15, -0.1) is 10.2 Å². The van der Waals surface area contributed by atoms with Crippen LogP contribution in [0.3, 0.4) is 0 Å². The summed E-state index contributed by atoms with van der Waals surface area (Å²) in [6.07, 6.45) is 0.515. The molecule has 4 heterocycles. The number of likely N-dealkylation sites (tertiary alicyclic amines) is 1. The number of carboxylic acid groups (broad SMARTS) is 1. The molecule has 1 aromatic rings. The third kappa shape index (κ3) is 3.83. The van der Waals surface area contributed by atoms with Crippen molar-refractivity contribution in [1.29, 1.82) is 0 Å². The summed E-state index contributed by atoms with van der Waals surface area (Å²) in [6, 6.07) is -0.779. The standard InChI is InChI=1S/C16H17N5O5S2.Na.H/c1-6(22)17-15-18-19-16(28-15)27-5-9-3-8-4-20(7(2)23)12-10(8)21(13(12)24)11(9)14(25)26;;/h8,10,12H,3-5H2,1-2H3,(H,25,26)(H,17,18,22);;/q;+1;-1/t8-,10-,12+;;/m1../s1. The largest absolute Gasteiger partial charge is 1.00 e. The Morgan fingerprint density at radius 1 is 1.34 bits per heavy atom. The molecule has 0 bridgehead atoms. The second-order valence-electron chi connectivity index (χ2n) is 6.88. The van der Waals surface area contributed by atoms with Crippen LogP contribution in [0.5, 0.6) is 0 Å². The van der Waals surface area contributed by atoms with Gasteiger partial charge >= 0.3 is 35.5 Å². The van der Waals surface area contributed by atoms with Crippen molar-refractivity contribution in [2.24, 2.45) is 5.92 Å². The number of amides is 3. The predicted molar refractivity (Wildman–Crippen MR) is 101 cm³/mol. The summed E-state index contributed by atoms with van der Waals surface area (Å²) >= 11 is 2.51. The van der Waals surface area contributed by atoms with E-state index >= 15 is 0 Å². The van der Waals surface area contributed by atoms with E-state index in [1.165, 1.54) is 41.8 Å². The number of hydrogen-bond acceptors (Lipinski definition) is 8. The molecule has 0 saturated carbocycles. The molecule has 3 amide bonds. The van der Waals surface area contributed by atoms with E-state index in [0.29, 0.717) is 33.8 Å². The maximum Gasteiger partial charge on any atom is 1.00 e. The van der Waals surface area contributed by atoms with Gasteiger partial charge in [0.1, 0.15) is 11.7 Å². The van der Waals surface area contributed by atoms with Crippen LogP contribution >= 0.6 is 23.1 Å². The van der Waals surface area contributed by atoms with Crippen molar-refractivity contribution in [3.8, 4) is 0 Å². The van der Waals surface area contributed by atoms with Gasteiger partial charge in [0.2, 0.25) is 16.9 Å². The maximum atomic E-state index is 12.6. The zero-order chi connectivity index (χ0) is 20.2. The first-order valence-electron chi connectivity index (χ1n) is 8.57. The molecule has 3 atom stereocenters. The minimum absolute atomic E-state index is 0. The number of carbonyl (C=O) groups is 4. The summed E-state index contributed by atoms with van der Waals surface area (Å²) in [7, 11) is 0. The van der Waals surface area contributed by atoms with Gasteiger partial charge in [0, 0.05) is 32.1 Å². The molecule has 0 aliphatic carbocycles. The van der Waals surface area contributed by atoms with E-state index in [4.69, 9.17) is 0 Å². The Labute approximate surface area is 197 Å². The van der Waals surface area contributed by atoms with Crippen molar-refractivity contribution in [2.45, 2.75) is 36.7 Å². The molecule has 10 nitrogen and oxygen atoms in total. The van der Waals surface area contributed by atoms with Crippen LogP contribution in [0.15, 0.2) is 15.6 Å². The Balaban J connectivity index is 0.00000160. The zero-order valence-electron chi connectivity index (χ0n) is 17.0. The second kappa shape index (κ2) is 8.34. The van der Waals surface area contributed by atoms with Crippen molar-refractivity contribution in [3.05, 3.63) is 11.3 Å². The summed E-state index contributed by atoms with van der Waals surface area (Å²) in [4.78, 5) is 50.3. The van der Waals surface area contributed by atoms with Crippen LogP contribution in [-0.4, -0.2) is 73.2 Å². The van der Waals surface area contributed by atoms with E-state index in [1.807, 2.05) is 0 Å². The molecule has 3 aliphatic rings. The van der Waals surface area contributed by atoms with Crippen LogP contribution < -0.4 is 34.9 Å². The number of aliphatic carboxylic acids is 1. The number of nitrogens with one attached hydrogen (secondary N) is 1. The summed E-state index contributed by atoms with van der Waals surface area (Å²) in [5.41, 5.74) is 0.666. The molecular formula is C16H18N5NaO5S2. The Bertz CT molecular complexity index is 941. The van der Waals surface area contributed by atoms with Gasteiger partial charge in [0.05, 0.1) is 6.04 Å². The quantitative estimate of drug-likeness (QED) is 0.219. The first-order valence-corrected chi connectivity index (χ1v) is 10.4. The molecule has 0 aromatic carbocycles. The third-order valence-corrected chi connectivity index (χ3v) is 7.17. The fraction of sp³-hybridized carbons (Fsp3) is 0.500. The van der Waals surface area contributed by atoms with E-state index in [1.54, 1.807) is 4.90 Å². The second-order valence-corrected chi connectivity index (χ2v) is 9.08. The number of rotatable bonds is 5. The molecule has 2 fully saturated rings. The van der Waals surface area contributed by atoms with E-state index in [2.05, 4.69) is 15.5 Å². The van der Waals surface area contributed by atoms with Crippen LogP contribution in [0.1, 0.15) is 21.7 Å². The number of thioether (sulfide) groups is 1. The van der Waals surface area contributed by atoms with E-state index in [-0.39, 0.29) is 66.4 Å². The van der Waals surface area contributed by atoms with Crippen molar-refractivity contribution < 1.29 is 55.3 Å². The van der Waals surface area contributed by atoms with Gasteiger partial charge in [-0.25, -0.2) is 4.79 Å². The first-order chi connectivity index (χ1) is 13.3. The molecule has 0 radical (unpaired) electrons. The van der Waals surface area contributed by atoms with E-state index in [9.17, 15) is 24.3 Å². The smallest absolute Gasteiger partial charge is 1.00 e. The Kier molecular flexibility index (Phi) is 6.39. The van der Waals surface area contributed by atoms with Gasteiger partial charge in [-0.3, -0.25) is 19.3 Å². The maximum absolute atomic E-state index is 12.6. The number of anilines is 1. The van der Waals surface area contributed by atoms with Gasteiger partial charge in [-0.2, -0.15) is 0 Å². The van der Waals surface area contributed by atoms with Gasteiger partial charge in [-0.05, 0) is 12.0 Å². The molecule has 0 unspecified atom stereocenters. The molecule has 4 rings (SSSR count). The van der Waals surface area contributed by atoms with Gasteiger partial charge in [0.15, 0.2) is 4.34 Å². The number of β-lactam (4-membered cyclic amide) rings is 1. The van der Waals surface area contributed by atoms with Gasteiger partial charge in [-0.1, -0.05) is 23.1 Å². The Morgan fingerprint density at radius 2 is 2.07 bits per heavy atom. The van der Waals surface area contributed by atoms with Crippen LogP contribution in [0.25, 0.3) is 0 Å². The number of aromatic nitrogens is 2. The fourth-order valence-electron chi connectivity index (χ4n) is 4.11. The average molecular weight is 447 g/mol. The molecule has 29 heavy (non-hydrogen) atoms. The van der Waals surface area contributed by atoms with Crippen LogP contribution in [-0.2, 0) is 19.2 Å². The van der Waals surface area contributed by atoms with Crippen molar-refractivity contribution in [2.75, 3.05) is 17.6 Å². The molecule has 1 aromatic heterocycles. The third-order valence-electron chi connectivity index (χ3n) is 5.11. The zero-order valence-corrected chi connectivity index (χ0v) is 19.7. The van der Waals surface area contributed by atoms with Crippen LogP contribution in [0, 0.1) is 5.92 Å². The van der Waals surface area contributed by atoms with Crippen molar-refractivity contribution in [3.63, 3.8) is 0 Å².